The minimum Gasteiger partial charge on any atom is -0.324 e. The molecule has 1 saturated heterocycles. The number of aromatic nitrogens is 1. The van der Waals surface area contributed by atoms with Gasteiger partial charge in [-0.25, -0.2) is 14.9 Å². The molecule has 4 rings (SSSR count). The second kappa shape index (κ2) is 8.07. The summed E-state index contributed by atoms with van der Waals surface area (Å²) in [5.41, 5.74) is 7.03. The van der Waals surface area contributed by atoms with E-state index in [1.54, 1.807) is 0 Å². The normalized spacial score (nSPS) is 21.6. The Morgan fingerprint density at radius 1 is 1.29 bits per heavy atom. The predicted molar refractivity (Wildman–Crippen MR) is 119 cm³/mol. The molecule has 0 unspecified atom stereocenters. The number of hydrogen-bond acceptors (Lipinski definition) is 2. The van der Waals surface area contributed by atoms with Crippen molar-refractivity contribution < 1.29 is 4.79 Å². The fourth-order valence-electron chi connectivity index (χ4n) is 5.23. The molecule has 1 aliphatic carbocycles. The molecule has 2 aliphatic rings. The van der Waals surface area contributed by atoms with Gasteiger partial charge in [-0.2, -0.15) is 0 Å². The minimum absolute atomic E-state index is 0.0520. The molecule has 5 nitrogen and oxygen atoms in total. The summed E-state index contributed by atoms with van der Waals surface area (Å²) in [6, 6.07) is 7.10. The maximum absolute atomic E-state index is 12.7. The molecule has 6 heteroatoms. The number of carbonyl (C=O) groups is 1. The summed E-state index contributed by atoms with van der Waals surface area (Å²) in [5, 5.41) is 1.34. The lowest BCUT2D eigenvalue weighted by Gasteiger charge is -2.44. The van der Waals surface area contributed by atoms with E-state index in [1.165, 1.54) is 48.9 Å². The SMILES string of the molecule is CCCN1CCC[C@@H]2c3cccc4c3c(c(Br)n4NC(=O)N(CC)CC)C[C@H]21. The summed E-state index contributed by atoms with van der Waals surface area (Å²) < 4.78 is 2.95. The molecule has 2 amide bonds. The lowest BCUT2D eigenvalue weighted by atomic mass is 9.75. The predicted octanol–water partition coefficient (Wildman–Crippen LogP) is 4.92. The second-order valence-electron chi connectivity index (χ2n) is 7.99. The van der Waals surface area contributed by atoms with Crippen molar-refractivity contribution in [2.24, 2.45) is 0 Å². The Morgan fingerprint density at radius 2 is 2.07 bits per heavy atom. The van der Waals surface area contributed by atoms with E-state index in [0.717, 1.165) is 16.5 Å². The molecule has 1 N–H and O–H groups in total. The van der Waals surface area contributed by atoms with Crippen LogP contribution in [0.5, 0.6) is 0 Å². The molecule has 0 spiro atoms. The number of fused-ring (bicyclic) bond motifs is 2. The molecule has 1 fully saturated rings. The Kier molecular flexibility index (Phi) is 5.70. The molecule has 1 aromatic heterocycles. The number of hydrogen-bond donors (Lipinski definition) is 1. The molecule has 0 radical (unpaired) electrons. The summed E-state index contributed by atoms with van der Waals surface area (Å²) in [6.45, 7) is 10.1. The van der Waals surface area contributed by atoms with Crippen LogP contribution in [0, 0.1) is 0 Å². The third-order valence-electron chi connectivity index (χ3n) is 6.54. The highest BCUT2D eigenvalue weighted by molar-refractivity contribution is 9.10. The van der Waals surface area contributed by atoms with Crippen LogP contribution in [0.25, 0.3) is 10.9 Å². The van der Waals surface area contributed by atoms with Crippen molar-refractivity contribution in [2.75, 3.05) is 31.6 Å². The monoisotopic (exact) mass is 446 g/mol. The number of nitrogens with zero attached hydrogens (tertiary/aromatic N) is 3. The van der Waals surface area contributed by atoms with Crippen molar-refractivity contribution >= 4 is 32.9 Å². The van der Waals surface area contributed by atoms with Crippen molar-refractivity contribution in [1.29, 1.82) is 0 Å². The van der Waals surface area contributed by atoms with E-state index in [0.29, 0.717) is 25.0 Å². The summed E-state index contributed by atoms with van der Waals surface area (Å²) in [5.74, 6) is 0.595. The van der Waals surface area contributed by atoms with E-state index >= 15 is 0 Å². The first-order chi connectivity index (χ1) is 13.6. The summed E-state index contributed by atoms with van der Waals surface area (Å²) >= 11 is 3.83. The Hall–Kier alpha value is -1.53. The average Bonchev–Trinajstić information content (AvgIpc) is 2.97. The van der Waals surface area contributed by atoms with Gasteiger partial charge >= 0.3 is 6.03 Å². The molecule has 1 aromatic carbocycles. The van der Waals surface area contributed by atoms with E-state index < -0.39 is 0 Å². The van der Waals surface area contributed by atoms with E-state index in [4.69, 9.17) is 0 Å². The van der Waals surface area contributed by atoms with Crippen molar-refractivity contribution in [2.45, 2.75) is 58.4 Å². The van der Waals surface area contributed by atoms with Crippen LogP contribution in [0.3, 0.4) is 0 Å². The van der Waals surface area contributed by atoms with Gasteiger partial charge in [0, 0.05) is 30.4 Å². The minimum atomic E-state index is -0.0520. The van der Waals surface area contributed by atoms with Crippen LogP contribution in [0.4, 0.5) is 4.79 Å². The molecule has 0 saturated carbocycles. The number of rotatable bonds is 5. The molecule has 2 heterocycles. The van der Waals surface area contributed by atoms with Gasteiger partial charge in [-0.1, -0.05) is 19.1 Å². The average molecular weight is 447 g/mol. The zero-order valence-electron chi connectivity index (χ0n) is 17.2. The van der Waals surface area contributed by atoms with Crippen LogP contribution < -0.4 is 5.43 Å². The zero-order chi connectivity index (χ0) is 19.8. The highest BCUT2D eigenvalue weighted by Crippen LogP contribution is 2.46. The maximum Gasteiger partial charge on any atom is 0.336 e. The van der Waals surface area contributed by atoms with E-state index in [1.807, 2.05) is 23.4 Å². The third kappa shape index (κ3) is 3.14. The molecular formula is C22H31BrN4O. The van der Waals surface area contributed by atoms with Crippen LogP contribution >= 0.6 is 15.9 Å². The van der Waals surface area contributed by atoms with Crippen LogP contribution in [0.1, 0.15) is 57.1 Å². The number of benzene rings is 1. The van der Waals surface area contributed by atoms with Crippen LogP contribution in [-0.2, 0) is 6.42 Å². The van der Waals surface area contributed by atoms with E-state index in [9.17, 15) is 4.79 Å². The molecule has 1 aliphatic heterocycles. The topological polar surface area (TPSA) is 40.5 Å². The highest BCUT2D eigenvalue weighted by Gasteiger charge is 2.39. The Bertz CT molecular complexity index is 871. The molecule has 28 heavy (non-hydrogen) atoms. The smallest absolute Gasteiger partial charge is 0.324 e. The quantitative estimate of drug-likeness (QED) is 0.707. The van der Waals surface area contributed by atoms with Gasteiger partial charge in [-0.15, -0.1) is 0 Å². The van der Waals surface area contributed by atoms with Crippen molar-refractivity contribution in [3.8, 4) is 0 Å². The summed E-state index contributed by atoms with van der Waals surface area (Å²) in [4.78, 5) is 17.2. The van der Waals surface area contributed by atoms with Crippen molar-refractivity contribution in [1.82, 2.24) is 14.5 Å². The number of halogens is 1. The van der Waals surface area contributed by atoms with Crippen molar-refractivity contribution in [3.05, 3.63) is 33.9 Å². The van der Waals surface area contributed by atoms with Crippen LogP contribution in [0.15, 0.2) is 22.8 Å². The van der Waals surface area contributed by atoms with Gasteiger partial charge in [-0.05, 0) is 85.7 Å². The van der Waals surface area contributed by atoms with Crippen molar-refractivity contribution in [3.63, 3.8) is 0 Å². The van der Waals surface area contributed by atoms with Crippen LogP contribution in [-0.4, -0.2) is 52.7 Å². The zero-order valence-corrected chi connectivity index (χ0v) is 18.8. The fraction of sp³-hybridized carbons (Fsp3) is 0.591. The molecular weight excluding hydrogens is 416 g/mol. The molecule has 0 bridgehead atoms. The molecule has 2 aromatic rings. The van der Waals surface area contributed by atoms with Gasteiger partial charge in [0.1, 0.15) is 4.60 Å². The number of carbonyl (C=O) groups excluding carboxylic acids is 1. The summed E-state index contributed by atoms with van der Waals surface area (Å²) in [6.07, 6.45) is 4.78. The number of amides is 2. The van der Waals surface area contributed by atoms with Gasteiger partial charge in [0.05, 0.1) is 5.52 Å². The molecule has 152 valence electrons. The lowest BCUT2D eigenvalue weighted by molar-refractivity contribution is 0.124. The van der Waals surface area contributed by atoms with E-state index in [-0.39, 0.29) is 6.03 Å². The van der Waals surface area contributed by atoms with E-state index in [2.05, 4.69) is 51.4 Å². The number of piperidine rings is 1. The second-order valence-corrected chi connectivity index (χ2v) is 8.74. The number of nitrogens with one attached hydrogen (secondary N) is 1. The van der Waals surface area contributed by atoms with Gasteiger partial charge in [0.2, 0.25) is 0 Å². The van der Waals surface area contributed by atoms with Gasteiger partial charge in [-0.3, -0.25) is 4.90 Å². The first-order valence-electron chi connectivity index (χ1n) is 10.7. The first kappa shape index (κ1) is 19.8. The largest absolute Gasteiger partial charge is 0.336 e. The molecule has 2 atom stereocenters. The van der Waals surface area contributed by atoms with Crippen LogP contribution in [0.2, 0.25) is 0 Å². The maximum atomic E-state index is 12.7. The highest BCUT2D eigenvalue weighted by atomic mass is 79.9. The third-order valence-corrected chi connectivity index (χ3v) is 7.37. The number of urea groups is 1. The number of likely N-dealkylation sites (tertiary alicyclic amines) is 1. The van der Waals surface area contributed by atoms with Gasteiger partial charge in [0.15, 0.2) is 0 Å². The van der Waals surface area contributed by atoms with Gasteiger partial charge in [0.25, 0.3) is 0 Å². The Balaban J connectivity index is 1.77. The Labute approximate surface area is 176 Å². The van der Waals surface area contributed by atoms with Gasteiger partial charge < -0.3 is 4.90 Å². The lowest BCUT2D eigenvalue weighted by Crippen LogP contribution is -2.47. The fourth-order valence-corrected chi connectivity index (χ4v) is 5.87. The summed E-state index contributed by atoms with van der Waals surface area (Å²) in [7, 11) is 0. The Morgan fingerprint density at radius 3 is 2.79 bits per heavy atom. The standard InChI is InChI=1S/C22H31BrN4O/c1-4-12-26-13-8-10-15-16-9-7-11-18-20(16)17(14-19(15)26)21(23)27(18)24-22(28)25(5-2)6-3/h7,9,11,15,19H,4-6,8,10,12-14H2,1-3H3,(H,24,28)/t15-,19-/m1/s1. The first-order valence-corrected chi connectivity index (χ1v) is 11.5.